The van der Waals surface area contributed by atoms with Crippen LogP contribution in [0.5, 0.6) is 0 Å². The first-order valence-corrected chi connectivity index (χ1v) is 11.6. The molecule has 2 rings (SSSR count). The second kappa shape index (κ2) is 11.1. The topological polar surface area (TPSA) is 49.4 Å². The number of benzene rings is 2. The van der Waals surface area contributed by atoms with Gasteiger partial charge in [-0.2, -0.15) is 0 Å². The van der Waals surface area contributed by atoms with Crippen LogP contribution in [0.15, 0.2) is 48.5 Å². The number of halogens is 2. The Labute approximate surface area is 193 Å². The highest BCUT2D eigenvalue weighted by Gasteiger charge is 2.28. The quantitative estimate of drug-likeness (QED) is 0.553. The smallest absolute Gasteiger partial charge is 0.242 e. The Kier molecular flexibility index (Phi) is 9.08. The molecule has 0 radical (unpaired) electrons. The van der Waals surface area contributed by atoms with Gasteiger partial charge in [0.2, 0.25) is 11.8 Å². The summed E-state index contributed by atoms with van der Waals surface area (Å²) in [5.41, 5.74) is 1.61. The Morgan fingerprint density at radius 1 is 1.03 bits per heavy atom. The van der Waals surface area contributed by atoms with E-state index in [1.165, 1.54) is 11.8 Å². The molecular formula is C23H28Cl2N2O2S. The lowest BCUT2D eigenvalue weighted by molar-refractivity contribution is -0.139. The van der Waals surface area contributed by atoms with Gasteiger partial charge in [0, 0.05) is 17.8 Å². The molecule has 2 aromatic carbocycles. The van der Waals surface area contributed by atoms with Crippen molar-refractivity contribution < 1.29 is 9.59 Å². The van der Waals surface area contributed by atoms with Gasteiger partial charge < -0.3 is 10.2 Å². The van der Waals surface area contributed by atoms with Crippen LogP contribution < -0.4 is 5.32 Å². The summed E-state index contributed by atoms with van der Waals surface area (Å²) in [6.45, 7) is 7.92. The SMILES string of the molecule is C[C@@H](C(=O)NC(C)(C)C)N(Cc1ccccc1)C(=O)CSCc1ccc(Cl)c(Cl)c1. The lowest BCUT2D eigenvalue weighted by Crippen LogP contribution is -2.52. The van der Waals surface area contributed by atoms with E-state index in [2.05, 4.69) is 5.32 Å². The summed E-state index contributed by atoms with van der Waals surface area (Å²) in [5, 5.41) is 3.97. The van der Waals surface area contributed by atoms with Gasteiger partial charge >= 0.3 is 0 Å². The molecule has 0 fully saturated rings. The van der Waals surface area contributed by atoms with Crippen LogP contribution in [0.25, 0.3) is 0 Å². The van der Waals surface area contributed by atoms with Gasteiger partial charge in [0.25, 0.3) is 0 Å². The molecule has 1 N–H and O–H groups in total. The highest BCUT2D eigenvalue weighted by Crippen LogP contribution is 2.25. The zero-order valence-electron chi connectivity index (χ0n) is 17.7. The predicted octanol–water partition coefficient (Wildman–Crippen LogP) is 5.56. The standard InChI is InChI=1S/C23H28Cl2N2O2S/c1-16(22(29)26-23(2,3)4)27(13-17-8-6-5-7-9-17)21(28)15-30-14-18-10-11-19(24)20(25)12-18/h5-12,16H,13-15H2,1-4H3,(H,26,29)/t16-/m0/s1. The van der Waals surface area contributed by atoms with Crippen molar-refractivity contribution in [1.82, 2.24) is 10.2 Å². The zero-order chi connectivity index (χ0) is 22.3. The minimum atomic E-state index is -0.581. The van der Waals surface area contributed by atoms with Gasteiger partial charge in [-0.25, -0.2) is 0 Å². The minimum Gasteiger partial charge on any atom is -0.350 e. The maximum absolute atomic E-state index is 13.0. The van der Waals surface area contributed by atoms with Crippen molar-refractivity contribution in [2.45, 2.75) is 51.6 Å². The van der Waals surface area contributed by atoms with Crippen molar-refractivity contribution in [3.8, 4) is 0 Å². The third-order valence-electron chi connectivity index (χ3n) is 4.34. The number of hydrogen-bond acceptors (Lipinski definition) is 3. The molecule has 0 spiro atoms. The molecule has 4 nitrogen and oxygen atoms in total. The Hall–Kier alpha value is -1.69. The summed E-state index contributed by atoms with van der Waals surface area (Å²) in [7, 11) is 0. The van der Waals surface area contributed by atoms with Crippen LogP contribution >= 0.6 is 35.0 Å². The minimum absolute atomic E-state index is 0.0829. The fourth-order valence-corrected chi connectivity index (χ4v) is 3.98. The number of carbonyl (C=O) groups excluding carboxylic acids is 2. The molecule has 0 unspecified atom stereocenters. The molecule has 30 heavy (non-hydrogen) atoms. The van der Waals surface area contributed by atoms with E-state index in [1.54, 1.807) is 17.9 Å². The third-order valence-corrected chi connectivity index (χ3v) is 6.07. The largest absolute Gasteiger partial charge is 0.350 e. The van der Waals surface area contributed by atoms with E-state index >= 15 is 0 Å². The summed E-state index contributed by atoms with van der Waals surface area (Å²) < 4.78 is 0. The fourth-order valence-electron chi connectivity index (χ4n) is 2.81. The first-order valence-electron chi connectivity index (χ1n) is 9.74. The van der Waals surface area contributed by atoms with Crippen molar-refractivity contribution in [2.75, 3.05) is 5.75 Å². The summed E-state index contributed by atoms with van der Waals surface area (Å²) in [5.74, 6) is 0.645. The van der Waals surface area contributed by atoms with E-state index in [9.17, 15) is 9.59 Å². The number of hydrogen-bond donors (Lipinski definition) is 1. The van der Waals surface area contributed by atoms with Gasteiger partial charge in [-0.3, -0.25) is 9.59 Å². The number of thioether (sulfide) groups is 1. The van der Waals surface area contributed by atoms with Crippen LogP contribution in [0.3, 0.4) is 0 Å². The van der Waals surface area contributed by atoms with Crippen molar-refractivity contribution in [3.63, 3.8) is 0 Å². The molecule has 0 heterocycles. The number of rotatable bonds is 8. The fraction of sp³-hybridized carbons (Fsp3) is 0.391. The van der Waals surface area contributed by atoms with E-state index in [0.29, 0.717) is 22.3 Å². The maximum atomic E-state index is 13.0. The van der Waals surface area contributed by atoms with Crippen molar-refractivity contribution in [2.24, 2.45) is 0 Å². The summed E-state index contributed by atoms with van der Waals surface area (Å²) in [4.78, 5) is 27.4. The molecule has 0 saturated carbocycles. The van der Waals surface area contributed by atoms with E-state index < -0.39 is 6.04 Å². The van der Waals surface area contributed by atoms with Gasteiger partial charge in [-0.15, -0.1) is 11.8 Å². The first-order chi connectivity index (χ1) is 14.1. The molecule has 0 aliphatic rings. The number of nitrogens with one attached hydrogen (secondary N) is 1. The van der Waals surface area contributed by atoms with Crippen LogP contribution in [0.2, 0.25) is 10.0 Å². The molecule has 0 aliphatic carbocycles. The van der Waals surface area contributed by atoms with Crippen LogP contribution in [0.1, 0.15) is 38.8 Å². The Balaban J connectivity index is 2.07. The van der Waals surface area contributed by atoms with Crippen LogP contribution in [-0.4, -0.2) is 34.0 Å². The summed E-state index contributed by atoms with van der Waals surface area (Å²) in [6.07, 6.45) is 0. The van der Waals surface area contributed by atoms with Gasteiger partial charge in [0.15, 0.2) is 0 Å². The molecule has 0 saturated heterocycles. The summed E-state index contributed by atoms with van der Waals surface area (Å²) >= 11 is 13.5. The highest BCUT2D eigenvalue weighted by molar-refractivity contribution is 7.99. The molecule has 7 heteroatoms. The van der Waals surface area contributed by atoms with Gasteiger partial charge in [-0.1, -0.05) is 59.6 Å². The monoisotopic (exact) mass is 466 g/mol. The average molecular weight is 467 g/mol. The molecule has 2 aromatic rings. The van der Waals surface area contributed by atoms with Crippen LogP contribution in [0, 0.1) is 0 Å². The number of amides is 2. The second-order valence-corrected chi connectivity index (χ2v) is 9.96. The first kappa shape index (κ1) is 24.6. The van der Waals surface area contributed by atoms with Gasteiger partial charge in [-0.05, 0) is 51.0 Å². The average Bonchev–Trinajstić information content (AvgIpc) is 2.67. The number of carbonyl (C=O) groups is 2. The van der Waals surface area contributed by atoms with E-state index in [1.807, 2.05) is 63.2 Å². The molecule has 2 amide bonds. The van der Waals surface area contributed by atoms with Crippen molar-refractivity contribution >= 4 is 46.8 Å². The Bertz CT molecular complexity index is 869. The van der Waals surface area contributed by atoms with Crippen LogP contribution in [0.4, 0.5) is 0 Å². The lowest BCUT2D eigenvalue weighted by Gasteiger charge is -2.31. The normalized spacial score (nSPS) is 12.3. The van der Waals surface area contributed by atoms with Crippen LogP contribution in [-0.2, 0) is 21.9 Å². The molecule has 162 valence electrons. The Morgan fingerprint density at radius 3 is 2.30 bits per heavy atom. The summed E-state index contributed by atoms with van der Waals surface area (Å²) in [6, 6.07) is 14.6. The third kappa shape index (κ3) is 7.86. The van der Waals surface area contributed by atoms with Crippen molar-refractivity contribution in [3.05, 3.63) is 69.7 Å². The molecule has 1 atom stereocenters. The molecule has 0 aliphatic heterocycles. The molecular weight excluding hydrogens is 439 g/mol. The van der Waals surface area contributed by atoms with E-state index in [4.69, 9.17) is 23.2 Å². The molecule has 0 aromatic heterocycles. The van der Waals surface area contributed by atoms with E-state index in [0.717, 1.165) is 11.1 Å². The van der Waals surface area contributed by atoms with E-state index in [-0.39, 0.29) is 23.1 Å². The maximum Gasteiger partial charge on any atom is 0.242 e. The van der Waals surface area contributed by atoms with Crippen molar-refractivity contribution in [1.29, 1.82) is 0 Å². The van der Waals surface area contributed by atoms with Gasteiger partial charge in [0.05, 0.1) is 15.8 Å². The predicted molar refractivity (Wildman–Crippen MR) is 127 cm³/mol. The second-order valence-electron chi connectivity index (χ2n) is 8.16. The molecule has 0 bridgehead atoms. The number of nitrogens with zero attached hydrogens (tertiary/aromatic N) is 1. The zero-order valence-corrected chi connectivity index (χ0v) is 20.1. The van der Waals surface area contributed by atoms with Gasteiger partial charge in [0.1, 0.15) is 6.04 Å². The Morgan fingerprint density at radius 2 is 1.70 bits per heavy atom. The highest BCUT2D eigenvalue weighted by atomic mass is 35.5. The lowest BCUT2D eigenvalue weighted by atomic mass is 10.1.